The highest BCUT2D eigenvalue weighted by Gasteiger charge is 2.49. The maximum Gasteiger partial charge on any atom is 0.269 e. The summed E-state index contributed by atoms with van der Waals surface area (Å²) >= 11 is 0. The lowest BCUT2D eigenvalue weighted by Crippen LogP contribution is -2.58. The lowest BCUT2D eigenvalue weighted by molar-refractivity contribution is -0.118. The topological polar surface area (TPSA) is 44.7 Å². The van der Waals surface area contributed by atoms with Crippen LogP contribution in [0.1, 0.15) is 100 Å². The minimum atomic E-state index is -0.0978. The van der Waals surface area contributed by atoms with Crippen LogP contribution in [0.4, 0.5) is 0 Å². The molecule has 1 unspecified atom stereocenters. The van der Waals surface area contributed by atoms with Gasteiger partial charge in [0.1, 0.15) is 5.70 Å². The van der Waals surface area contributed by atoms with E-state index in [0.717, 1.165) is 12.0 Å². The van der Waals surface area contributed by atoms with Gasteiger partial charge in [0.15, 0.2) is 0 Å². The predicted molar refractivity (Wildman–Crippen MR) is 167 cm³/mol. The minimum Gasteiger partial charge on any atom is -0.344 e. The summed E-state index contributed by atoms with van der Waals surface area (Å²) in [7, 11) is 2.22. The van der Waals surface area contributed by atoms with Gasteiger partial charge in [0, 0.05) is 24.2 Å². The highest BCUT2D eigenvalue weighted by atomic mass is 16.2. The zero-order chi connectivity index (χ0) is 28.3. The third-order valence-electron chi connectivity index (χ3n) is 9.34. The van der Waals surface area contributed by atoms with Crippen LogP contribution >= 0.6 is 0 Å². The Balaban J connectivity index is 1.30. The van der Waals surface area contributed by atoms with Crippen molar-refractivity contribution in [3.63, 3.8) is 0 Å². The van der Waals surface area contributed by atoms with Crippen molar-refractivity contribution in [2.24, 2.45) is 16.3 Å². The van der Waals surface area contributed by atoms with E-state index in [1.165, 1.54) is 86.0 Å². The maximum absolute atomic E-state index is 13.2. The smallest absolute Gasteiger partial charge is 0.269 e. The molecule has 5 rings (SSSR count). The van der Waals surface area contributed by atoms with Crippen molar-refractivity contribution < 1.29 is 4.79 Å². The number of nitrogens with one attached hydrogen (secondary N) is 1. The Labute approximate surface area is 241 Å². The SMILES string of the molecule is C/C=C(\N=C(CC)C1CCCCC1)C(=O)NC(C)c1ccc(C(=C2CC3(C2)CN(C)C3)c2ccc(C)cc2)cc1. The number of rotatable bonds is 8. The van der Waals surface area contributed by atoms with Crippen molar-refractivity contribution in [2.45, 2.75) is 85.1 Å². The summed E-state index contributed by atoms with van der Waals surface area (Å²) in [5.41, 5.74) is 10.2. The van der Waals surface area contributed by atoms with Crippen molar-refractivity contribution in [1.29, 1.82) is 0 Å². The molecule has 1 saturated heterocycles. The molecule has 4 nitrogen and oxygen atoms in total. The number of nitrogens with zero attached hydrogens (tertiary/aromatic N) is 2. The Hall–Kier alpha value is -2.98. The second-order valence-corrected chi connectivity index (χ2v) is 12.7. The van der Waals surface area contributed by atoms with Crippen molar-refractivity contribution in [3.05, 3.63) is 88.1 Å². The average Bonchev–Trinajstić information content (AvgIpc) is 2.93. The van der Waals surface area contributed by atoms with Gasteiger partial charge in [-0.25, -0.2) is 0 Å². The van der Waals surface area contributed by atoms with E-state index in [-0.39, 0.29) is 11.9 Å². The first-order valence-electron chi connectivity index (χ1n) is 15.4. The number of amides is 1. The van der Waals surface area contributed by atoms with E-state index in [1.807, 2.05) is 13.0 Å². The van der Waals surface area contributed by atoms with Gasteiger partial charge in [-0.15, -0.1) is 0 Å². The number of aliphatic imine (C=N–C) groups is 1. The van der Waals surface area contributed by atoms with Crippen LogP contribution in [0.15, 0.2) is 70.9 Å². The third-order valence-corrected chi connectivity index (χ3v) is 9.34. The zero-order valence-electron chi connectivity index (χ0n) is 25.2. The van der Waals surface area contributed by atoms with Crippen molar-refractivity contribution >= 4 is 17.2 Å². The summed E-state index contributed by atoms with van der Waals surface area (Å²) in [6.45, 7) is 10.7. The fourth-order valence-corrected chi connectivity index (χ4v) is 7.24. The fourth-order valence-electron chi connectivity index (χ4n) is 7.24. The molecule has 1 aliphatic heterocycles. The lowest BCUT2D eigenvalue weighted by atomic mass is 9.59. The number of carbonyl (C=O) groups excluding carboxylic acids is 1. The molecule has 0 radical (unpaired) electrons. The minimum absolute atomic E-state index is 0.0893. The molecule has 212 valence electrons. The van der Waals surface area contributed by atoms with Gasteiger partial charge < -0.3 is 10.2 Å². The van der Waals surface area contributed by atoms with E-state index in [9.17, 15) is 4.79 Å². The molecular weight excluding hydrogens is 490 g/mol. The zero-order valence-corrected chi connectivity index (χ0v) is 25.2. The lowest BCUT2D eigenvalue weighted by Gasteiger charge is -2.56. The molecule has 2 saturated carbocycles. The van der Waals surface area contributed by atoms with Crippen LogP contribution in [0, 0.1) is 18.3 Å². The first kappa shape index (κ1) is 28.5. The summed E-state index contributed by atoms with van der Waals surface area (Å²) in [5, 5.41) is 3.21. The summed E-state index contributed by atoms with van der Waals surface area (Å²) < 4.78 is 0. The summed E-state index contributed by atoms with van der Waals surface area (Å²) in [6.07, 6.45) is 11.4. The Bertz CT molecular complexity index is 1280. The Morgan fingerprint density at radius 2 is 1.62 bits per heavy atom. The van der Waals surface area contributed by atoms with Gasteiger partial charge in [-0.2, -0.15) is 0 Å². The van der Waals surface area contributed by atoms with E-state index in [1.54, 1.807) is 5.57 Å². The standard InChI is InChI=1S/C36H47N3O/c1-6-32(28-11-9-8-10-12-28)38-33(7-2)35(40)37-26(4)27-17-19-30(20-18-27)34(29-15-13-25(3)14-16-29)31-21-36(22-31)23-39(5)24-36/h7,13-20,26,28H,6,8-12,21-24H2,1-5H3,(H,37,40)/b33-7-,38-32?. The Kier molecular flexibility index (Phi) is 8.75. The largest absolute Gasteiger partial charge is 0.344 e. The van der Waals surface area contributed by atoms with E-state index in [4.69, 9.17) is 4.99 Å². The normalized spacial score (nSPS) is 20.6. The van der Waals surface area contributed by atoms with Gasteiger partial charge in [0.2, 0.25) is 0 Å². The number of carbonyl (C=O) groups is 1. The molecule has 2 aromatic rings. The van der Waals surface area contributed by atoms with Crippen molar-refractivity contribution in [3.8, 4) is 0 Å². The monoisotopic (exact) mass is 537 g/mol. The molecule has 4 heteroatoms. The van der Waals surface area contributed by atoms with Crippen LogP contribution in [0.3, 0.4) is 0 Å². The average molecular weight is 538 g/mol. The molecule has 2 aromatic carbocycles. The van der Waals surface area contributed by atoms with Gasteiger partial charge in [-0.3, -0.25) is 9.79 Å². The van der Waals surface area contributed by atoms with Crippen LogP contribution < -0.4 is 5.32 Å². The summed E-state index contributed by atoms with van der Waals surface area (Å²) in [6, 6.07) is 17.7. The maximum atomic E-state index is 13.2. The summed E-state index contributed by atoms with van der Waals surface area (Å²) in [5.74, 6) is 0.438. The number of allylic oxidation sites excluding steroid dienone is 2. The van der Waals surface area contributed by atoms with Gasteiger partial charge in [0.25, 0.3) is 5.91 Å². The number of likely N-dealkylation sites (tertiary alicyclic amines) is 1. The number of hydrogen-bond acceptors (Lipinski definition) is 3. The van der Waals surface area contributed by atoms with Gasteiger partial charge in [-0.1, -0.05) is 91.9 Å². The van der Waals surface area contributed by atoms with Gasteiger partial charge >= 0.3 is 0 Å². The molecule has 1 spiro atoms. The first-order valence-corrected chi connectivity index (χ1v) is 15.4. The highest BCUT2D eigenvalue weighted by molar-refractivity contribution is 5.98. The van der Waals surface area contributed by atoms with Crippen LogP contribution in [0.2, 0.25) is 0 Å². The Morgan fingerprint density at radius 3 is 2.17 bits per heavy atom. The molecule has 1 N–H and O–H groups in total. The van der Waals surface area contributed by atoms with Gasteiger partial charge in [0.05, 0.1) is 6.04 Å². The molecule has 1 heterocycles. The van der Waals surface area contributed by atoms with E-state index in [0.29, 0.717) is 17.0 Å². The molecule has 0 aromatic heterocycles. The van der Waals surface area contributed by atoms with Crippen molar-refractivity contribution in [2.75, 3.05) is 20.1 Å². The van der Waals surface area contributed by atoms with E-state index >= 15 is 0 Å². The number of hydrogen-bond donors (Lipinski definition) is 1. The third kappa shape index (κ3) is 6.17. The van der Waals surface area contributed by atoms with Crippen LogP contribution in [0.25, 0.3) is 5.57 Å². The first-order chi connectivity index (χ1) is 19.3. The second kappa shape index (κ2) is 12.3. The highest BCUT2D eigenvalue weighted by Crippen LogP contribution is 2.54. The van der Waals surface area contributed by atoms with E-state index in [2.05, 4.69) is 86.6 Å². The Morgan fingerprint density at radius 1 is 1.02 bits per heavy atom. The van der Waals surface area contributed by atoms with Crippen LogP contribution in [0.5, 0.6) is 0 Å². The molecule has 1 atom stereocenters. The second-order valence-electron chi connectivity index (χ2n) is 12.7. The quantitative estimate of drug-likeness (QED) is 0.274. The molecule has 40 heavy (non-hydrogen) atoms. The molecule has 0 bridgehead atoms. The fraction of sp³-hybridized carbons (Fsp3) is 0.500. The van der Waals surface area contributed by atoms with Crippen LogP contribution in [-0.2, 0) is 4.79 Å². The number of aryl methyl sites for hydroxylation is 1. The molecule has 3 aliphatic rings. The predicted octanol–water partition coefficient (Wildman–Crippen LogP) is 8.03. The van der Waals surface area contributed by atoms with Crippen molar-refractivity contribution in [1.82, 2.24) is 10.2 Å². The number of benzene rings is 2. The summed E-state index contributed by atoms with van der Waals surface area (Å²) in [4.78, 5) is 20.5. The molecule has 1 amide bonds. The van der Waals surface area contributed by atoms with Crippen LogP contribution in [-0.4, -0.2) is 36.7 Å². The van der Waals surface area contributed by atoms with Gasteiger partial charge in [-0.05, 0) is 88.1 Å². The molecule has 2 aliphatic carbocycles. The molecule has 3 fully saturated rings. The van der Waals surface area contributed by atoms with E-state index < -0.39 is 0 Å². The molecular formula is C36H47N3O.